The molecule has 33 heavy (non-hydrogen) atoms. The van der Waals surface area contributed by atoms with Crippen LogP contribution in [0.25, 0.3) is 0 Å². The van der Waals surface area contributed by atoms with E-state index in [0.717, 1.165) is 35.3 Å². The van der Waals surface area contributed by atoms with Crippen LogP contribution in [0.2, 0.25) is 0 Å². The monoisotopic (exact) mass is 486 g/mol. The zero-order valence-corrected chi connectivity index (χ0v) is 21.4. The van der Waals surface area contributed by atoms with E-state index in [0.29, 0.717) is 23.7 Å². The number of aryl methyl sites for hydroxylation is 2. The van der Waals surface area contributed by atoms with Crippen LogP contribution in [-0.4, -0.2) is 21.8 Å². The first-order valence-electron chi connectivity index (χ1n) is 11.9. The summed E-state index contributed by atoms with van der Waals surface area (Å²) in [5.74, 6) is 0.232. The Morgan fingerprint density at radius 1 is 1.27 bits per heavy atom. The van der Waals surface area contributed by atoms with E-state index in [1.807, 2.05) is 6.92 Å². The van der Waals surface area contributed by atoms with Crippen LogP contribution in [0.3, 0.4) is 0 Å². The van der Waals surface area contributed by atoms with Crippen molar-refractivity contribution >= 4 is 29.1 Å². The number of aliphatic hydroxyl groups excluding tert-OH is 2. The van der Waals surface area contributed by atoms with Gasteiger partial charge in [-0.15, -0.1) is 0 Å². The topological polar surface area (TPSA) is 66.8 Å². The first-order valence-corrected chi connectivity index (χ1v) is 13.7. The molecule has 6 heteroatoms. The van der Waals surface area contributed by atoms with Crippen LogP contribution in [0.15, 0.2) is 44.5 Å². The summed E-state index contributed by atoms with van der Waals surface area (Å²) in [5, 5.41) is 25.1. The molecule has 0 radical (unpaired) electrons. The fourth-order valence-electron chi connectivity index (χ4n) is 5.06. The molecule has 1 fully saturated rings. The number of rotatable bonds is 8. The lowest BCUT2D eigenvalue weighted by molar-refractivity contribution is -0.164. The lowest BCUT2D eigenvalue weighted by Gasteiger charge is -2.40. The smallest absolute Gasteiger partial charge is 0.349 e. The number of esters is 1. The average molecular weight is 487 g/mol. The van der Waals surface area contributed by atoms with E-state index in [4.69, 9.17) is 4.74 Å². The molecule has 0 spiro atoms. The van der Waals surface area contributed by atoms with Crippen molar-refractivity contribution in [2.24, 2.45) is 5.92 Å². The van der Waals surface area contributed by atoms with E-state index >= 15 is 0 Å². The Bertz CT molecular complexity index is 1020. The Kier molecular flexibility index (Phi) is 7.56. The number of thioether (sulfide) groups is 1. The molecule has 1 aliphatic heterocycles. The van der Waals surface area contributed by atoms with Crippen molar-refractivity contribution in [2.75, 3.05) is 0 Å². The fraction of sp³-hybridized carbons (Fsp3) is 0.519. The Labute approximate surface area is 205 Å². The van der Waals surface area contributed by atoms with E-state index in [2.05, 4.69) is 42.8 Å². The van der Waals surface area contributed by atoms with Gasteiger partial charge in [0.15, 0.2) is 0 Å². The number of carbonyl (C=O) groups excluding carboxylic acids is 1. The maximum Gasteiger partial charge on any atom is 0.349 e. The van der Waals surface area contributed by atoms with Gasteiger partial charge in [-0.3, -0.25) is 0 Å². The molecule has 0 saturated heterocycles. The van der Waals surface area contributed by atoms with Crippen molar-refractivity contribution in [2.45, 2.75) is 88.7 Å². The third-order valence-corrected chi connectivity index (χ3v) is 9.24. The second-order valence-corrected chi connectivity index (χ2v) is 11.6. The van der Waals surface area contributed by atoms with Gasteiger partial charge in [0.05, 0.1) is 6.61 Å². The number of thiophene rings is 1. The summed E-state index contributed by atoms with van der Waals surface area (Å²) in [5.41, 5.74) is 3.65. The number of benzene rings is 1. The maximum atomic E-state index is 13.2. The van der Waals surface area contributed by atoms with Crippen LogP contribution in [0.4, 0.5) is 0 Å². The second kappa shape index (κ2) is 10.2. The molecule has 2 heterocycles. The number of ether oxygens (including phenoxy) is 1. The maximum absolute atomic E-state index is 13.2. The normalized spacial score (nSPS) is 21.8. The number of cyclic esters (lactones) is 1. The van der Waals surface area contributed by atoms with Gasteiger partial charge in [-0.05, 0) is 89.6 Å². The molecule has 2 aromatic rings. The van der Waals surface area contributed by atoms with Crippen LogP contribution in [0.5, 0.6) is 0 Å². The quantitative estimate of drug-likeness (QED) is 0.392. The van der Waals surface area contributed by atoms with Crippen LogP contribution in [-0.2, 0) is 22.6 Å². The van der Waals surface area contributed by atoms with Crippen molar-refractivity contribution in [1.82, 2.24) is 0 Å². The highest BCUT2D eigenvalue weighted by Gasteiger charge is 2.44. The fourth-order valence-corrected chi connectivity index (χ4v) is 6.88. The first kappa shape index (κ1) is 24.4. The van der Waals surface area contributed by atoms with Crippen LogP contribution in [0.1, 0.15) is 80.5 Å². The predicted molar refractivity (Wildman–Crippen MR) is 135 cm³/mol. The molecule has 1 aliphatic carbocycles. The predicted octanol–water partition coefficient (Wildman–Crippen LogP) is 7.04. The summed E-state index contributed by atoms with van der Waals surface area (Å²) in [6.45, 7) is 6.10. The molecule has 1 unspecified atom stereocenters. The van der Waals surface area contributed by atoms with Crippen LogP contribution < -0.4 is 0 Å². The number of hydrogen-bond donors (Lipinski definition) is 2. The van der Waals surface area contributed by atoms with Gasteiger partial charge in [0.25, 0.3) is 0 Å². The van der Waals surface area contributed by atoms with Crippen molar-refractivity contribution < 1.29 is 19.7 Å². The average Bonchev–Trinajstić information content (AvgIpc) is 3.49. The van der Waals surface area contributed by atoms with Gasteiger partial charge in [-0.25, -0.2) is 4.79 Å². The summed E-state index contributed by atoms with van der Waals surface area (Å²) in [6.07, 6.45) is 6.49. The second-order valence-electron chi connectivity index (χ2n) is 9.75. The van der Waals surface area contributed by atoms with E-state index in [9.17, 15) is 15.0 Å². The lowest BCUT2D eigenvalue weighted by Crippen LogP contribution is -2.44. The Balaban J connectivity index is 1.62. The van der Waals surface area contributed by atoms with Crippen LogP contribution in [0, 0.1) is 12.8 Å². The molecule has 1 aromatic carbocycles. The molecule has 4 nitrogen and oxygen atoms in total. The first-order chi connectivity index (χ1) is 15.8. The number of aliphatic hydroxyl groups is 2. The highest BCUT2D eigenvalue weighted by molar-refractivity contribution is 8.04. The molecule has 0 amide bonds. The van der Waals surface area contributed by atoms with Crippen LogP contribution >= 0.6 is 23.1 Å². The van der Waals surface area contributed by atoms with Crippen molar-refractivity contribution in [3.63, 3.8) is 0 Å². The van der Waals surface area contributed by atoms with E-state index in [1.54, 1.807) is 11.3 Å². The van der Waals surface area contributed by atoms with Gasteiger partial charge in [0, 0.05) is 11.3 Å². The summed E-state index contributed by atoms with van der Waals surface area (Å²) in [7, 11) is 0. The highest BCUT2D eigenvalue weighted by atomic mass is 32.2. The van der Waals surface area contributed by atoms with Crippen molar-refractivity contribution in [3.05, 3.63) is 61.9 Å². The van der Waals surface area contributed by atoms with Gasteiger partial charge < -0.3 is 14.9 Å². The van der Waals surface area contributed by atoms with Crippen molar-refractivity contribution in [1.29, 1.82) is 0 Å². The van der Waals surface area contributed by atoms with Gasteiger partial charge in [0.1, 0.15) is 16.3 Å². The molecular weight excluding hydrogens is 452 g/mol. The third kappa shape index (κ3) is 5.18. The third-order valence-electron chi connectivity index (χ3n) is 7.33. The summed E-state index contributed by atoms with van der Waals surface area (Å²) >= 11 is 3.00. The lowest BCUT2D eigenvalue weighted by atomic mass is 9.80. The molecular formula is C27H34O4S2. The number of carbonyl (C=O) groups is 1. The summed E-state index contributed by atoms with van der Waals surface area (Å²) in [6, 6.07) is 6.25. The largest absolute Gasteiger partial charge is 0.511 e. The van der Waals surface area contributed by atoms with E-state index in [1.165, 1.54) is 35.7 Å². The molecule has 1 atom stereocenters. The Morgan fingerprint density at radius 3 is 2.64 bits per heavy atom. The highest BCUT2D eigenvalue weighted by Crippen LogP contribution is 2.46. The molecule has 1 aromatic heterocycles. The van der Waals surface area contributed by atoms with Gasteiger partial charge in [0.2, 0.25) is 0 Å². The zero-order valence-electron chi connectivity index (χ0n) is 19.7. The molecule has 178 valence electrons. The Morgan fingerprint density at radius 2 is 2.03 bits per heavy atom. The Hall–Kier alpha value is -1.76. The zero-order chi connectivity index (χ0) is 23.6. The van der Waals surface area contributed by atoms with Gasteiger partial charge >= 0.3 is 5.97 Å². The summed E-state index contributed by atoms with van der Waals surface area (Å²) in [4.78, 5) is 14.5. The summed E-state index contributed by atoms with van der Waals surface area (Å²) < 4.78 is 6.12. The van der Waals surface area contributed by atoms with Gasteiger partial charge in [-0.2, -0.15) is 11.3 Å². The molecule has 4 rings (SSSR count). The number of hydrogen-bond acceptors (Lipinski definition) is 6. The van der Waals surface area contributed by atoms with Gasteiger partial charge in [-0.1, -0.05) is 44.5 Å². The van der Waals surface area contributed by atoms with E-state index < -0.39 is 11.6 Å². The van der Waals surface area contributed by atoms with E-state index in [-0.39, 0.29) is 18.3 Å². The molecule has 2 N–H and O–H groups in total. The molecule has 0 bridgehead atoms. The minimum atomic E-state index is -0.696. The SMILES string of the molecule is Cc1cc(SC2=C(O)CC(CCc3ccsc3)(C(C)C)OC2=O)c(C2CCCC2)cc1CO. The molecule has 1 saturated carbocycles. The standard InChI is InChI=1S/C27H34O4S2/c1-17(2)27(10-8-19-9-11-32-16-19)14-23(29)25(26(30)31-27)33-24-12-18(3)21(15-28)13-22(24)20-6-4-5-7-20/h9,11-13,16-17,20,28-29H,4-8,10,14-15H2,1-3H3. The minimum absolute atomic E-state index is 0.00747. The molecule has 2 aliphatic rings. The van der Waals surface area contributed by atoms with Crippen molar-refractivity contribution in [3.8, 4) is 0 Å². The minimum Gasteiger partial charge on any atom is -0.511 e.